The Hall–Kier alpha value is -8.15. The first-order valence-electron chi connectivity index (χ1n) is 20.4. The van der Waals surface area contributed by atoms with Gasteiger partial charge in [-0.05, 0) is 63.7 Å². The van der Waals surface area contributed by atoms with E-state index in [1.165, 1.54) is 70.6 Å². The Morgan fingerprint density at radius 1 is 0.317 bits per heavy atom. The summed E-state index contributed by atoms with van der Waals surface area (Å²) in [7, 11) is 0. The van der Waals surface area contributed by atoms with E-state index in [2.05, 4.69) is 179 Å². The molecular formula is C55H33N5. The quantitative estimate of drug-likeness (QED) is 0.168. The zero-order valence-electron chi connectivity index (χ0n) is 32.3. The third kappa shape index (κ3) is 4.60. The fourth-order valence-electron chi connectivity index (χ4n) is 9.86. The Kier molecular flexibility index (Phi) is 6.95. The molecule has 278 valence electrons. The third-order valence-corrected chi connectivity index (χ3v) is 12.3. The van der Waals surface area contributed by atoms with Gasteiger partial charge in [-0.1, -0.05) is 158 Å². The van der Waals surface area contributed by atoms with E-state index < -0.39 is 0 Å². The molecule has 4 aromatic heterocycles. The number of aromatic nitrogens is 5. The maximum absolute atomic E-state index is 5.44. The molecular weight excluding hydrogens is 731 g/mol. The summed E-state index contributed by atoms with van der Waals surface area (Å²) in [6, 6.07) is 69.6. The number of para-hydroxylation sites is 2. The molecule has 60 heavy (non-hydrogen) atoms. The average Bonchev–Trinajstić information content (AvgIpc) is 3.86. The average molecular weight is 764 g/mol. The largest absolute Gasteiger partial charge is 0.309 e. The smallest absolute Gasteiger partial charge is 0.165 e. The summed E-state index contributed by atoms with van der Waals surface area (Å²) in [5.41, 5.74) is 9.69. The lowest BCUT2D eigenvalue weighted by molar-refractivity contribution is 1.07. The zero-order chi connectivity index (χ0) is 39.3. The Morgan fingerprint density at radius 3 is 1.43 bits per heavy atom. The van der Waals surface area contributed by atoms with Crippen LogP contribution in [0.5, 0.6) is 0 Å². The van der Waals surface area contributed by atoms with Gasteiger partial charge in [-0.15, -0.1) is 0 Å². The van der Waals surface area contributed by atoms with Gasteiger partial charge in [-0.3, -0.25) is 4.57 Å². The van der Waals surface area contributed by atoms with E-state index in [1.807, 2.05) is 30.5 Å². The van der Waals surface area contributed by atoms with Crippen molar-refractivity contribution >= 4 is 87.0 Å². The summed E-state index contributed by atoms with van der Waals surface area (Å²) in [6.45, 7) is 0. The normalized spacial score (nSPS) is 12.0. The van der Waals surface area contributed by atoms with Crippen LogP contribution in [0.15, 0.2) is 200 Å². The number of hydrogen-bond donors (Lipinski definition) is 0. The molecule has 0 atom stereocenters. The first-order chi connectivity index (χ1) is 29.8. The van der Waals surface area contributed by atoms with Gasteiger partial charge in [-0.2, -0.15) is 0 Å². The molecule has 0 spiro atoms. The van der Waals surface area contributed by atoms with Crippen LogP contribution in [-0.4, -0.2) is 24.1 Å². The second-order valence-electron chi connectivity index (χ2n) is 15.5. The Bertz CT molecular complexity index is 3860. The van der Waals surface area contributed by atoms with Crippen LogP contribution in [0.25, 0.3) is 121 Å². The van der Waals surface area contributed by atoms with Gasteiger partial charge in [0, 0.05) is 55.2 Å². The molecule has 5 nitrogen and oxygen atoms in total. The molecule has 0 amide bonds. The van der Waals surface area contributed by atoms with Gasteiger partial charge in [0.25, 0.3) is 0 Å². The molecule has 0 aliphatic carbocycles. The Morgan fingerprint density at radius 2 is 0.800 bits per heavy atom. The first kappa shape index (κ1) is 32.9. The van der Waals surface area contributed by atoms with E-state index in [-0.39, 0.29) is 0 Å². The van der Waals surface area contributed by atoms with Crippen LogP contribution in [0.2, 0.25) is 0 Å². The fourth-order valence-corrected chi connectivity index (χ4v) is 9.86. The lowest BCUT2D eigenvalue weighted by Gasteiger charge is -2.17. The Labute approximate surface area is 344 Å². The molecule has 0 N–H and O–H groups in total. The van der Waals surface area contributed by atoms with Gasteiger partial charge in [-0.25, -0.2) is 15.0 Å². The summed E-state index contributed by atoms with van der Waals surface area (Å²) in [5.74, 6) is 1.45. The van der Waals surface area contributed by atoms with Crippen LogP contribution in [0.4, 0.5) is 0 Å². The second-order valence-corrected chi connectivity index (χ2v) is 15.5. The summed E-state index contributed by atoms with van der Waals surface area (Å²) < 4.78 is 4.87. The molecule has 5 heteroatoms. The zero-order valence-corrected chi connectivity index (χ0v) is 32.3. The molecule has 0 saturated carbocycles. The van der Waals surface area contributed by atoms with Gasteiger partial charge < -0.3 is 4.57 Å². The topological polar surface area (TPSA) is 48.5 Å². The highest BCUT2D eigenvalue weighted by Crippen LogP contribution is 2.50. The van der Waals surface area contributed by atoms with Crippen molar-refractivity contribution in [2.24, 2.45) is 0 Å². The van der Waals surface area contributed by atoms with Crippen LogP contribution >= 0.6 is 0 Å². The minimum Gasteiger partial charge on any atom is -0.309 e. The summed E-state index contributed by atoms with van der Waals surface area (Å²) in [6.07, 6.45) is 1.81. The molecule has 0 radical (unpaired) electrons. The molecule has 4 heterocycles. The molecule has 0 bridgehead atoms. The van der Waals surface area contributed by atoms with Crippen molar-refractivity contribution < 1.29 is 0 Å². The van der Waals surface area contributed by atoms with E-state index in [4.69, 9.17) is 15.0 Å². The third-order valence-electron chi connectivity index (χ3n) is 12.3. The molecule has 13 rings (SSSR count). The van der Waals surface area contributed by atoms with Gasteiger partial charge >= 0.3 is 0 Å². The number of fused-ring (bicyclic) bond motifs is 16. The number of hydrogen-bond acceptors (Lipinski definition) is 3. The van der Waals surface area contributed by atoms with Crippen molar-refractivity contribution in [3.8, 4) is 34.0 Å². The van der Waals surface area contributed by atoms with Gasteiger partial charge in [0.2, 0.25) is 0 Å². The van der Waals surface area contributed by atoms with Crippen molar-refractivity contribution in [2.45, 2.75) is 0 Å². The van der Waals surface area contributed by atoms with Crippen molar-refractivity contribution in [1.29, 1.82) is 0 Å². The highest BCUT2D eigenvalue weighted by Gasteiger charge is 2.27. The van der Waals surface area contributed by atoms with Crippen molar-refractivity contribution in [1.82, 2.24) is 24.1 Å². The predicted molar refractivity (Wildman–Crippen MR) is 249 cm³/mol. The number of nitrogens with zero attached hydrogens (tertiary/aromatic N) is 5. The van der Waals surface area contributed by atoms with E-state index in [9.17, 15) is 0 Å². The maximum Gasteiger partial charge on any atom is 0.165 e. The van der Waals surface area contributed by atoms with Crippen molar-refractivity contribution in [3.63, 3.8) is 0 Å². The van der Waals surface area contributed by atoms with Crippen LogP contribution in [0.3, 0.4) is 0 Å². The summed E-state index contributed by atoms with van der Waals surface area (Å²) >= 11 is 0. The first-order valence-corrected chi connectivity index (χ1v) is 20.4. The lowest BCUT2D eigenvalue weighted by atomic mass is 9.89. The second kappa shape index (κ2) is 12.7. The SMILES string of the molecule is c1ccc(-c2ccc(-n3c4ccccc4c4c5c(c6ccccc6c43)c3ccccc3c3c5c4ccccc4n3-c3nc(-c4ccccc4)nc4ncccc34)cc2)cc1. The minimum atomic E-state index is 0.641. The van der Waals surface area contributed by atoms with Crippen LogP contribution in [-0.2, 0) is 0 Å². The molecule has 0 aliphatic heterocycles. The van der Waals surface area contributed by atoms with Crippen LogP contribution in [0, 0.1) is 0 Å². The van der Waals surface area contributed by atoms with E-state index in [1.54, 1.807) is 0 Å². The maximum atomic E-state index is 5.44. The van der Waals surface area contributed by atoms with E-state index in [0.717, 1.165) is 38.9 Å². The van der Waals surface area contributed by atoms with E-state index >= 15 is 0 Å². The fraction of sp³-hybridized carbons (Fsp3) is 0. The summed E-state index contributed by atoms with van der Waals surface area (Å²) in [5, 5.41) is 13.0. The molecule has 0 fully saturated rings. The van der Waals surface area contributed by atoms with Gasteiger partial charge in [0.15, 0.2) is 17.3 Å². The number of rotatable bonds is 4. The van der Waals surface area contributed by atoms with Crippen LogP contribution in [0.1, 0.15) is 0 Å². The molecule has 0 saturated heterocycles. The highest BCUT2D eigenvalue weighted by molar-refractivity contribution is 6.45. The minimum absolute atomic E-state index is 0.641. The van der Waals surface area contributed by atoms with Crippen molar-refractivity contribution in [3.05, 3.63) is 200 Å². The van der Waals surface area contributed by atoms with Crippen LogP contribution < -0.4 is 0 Å². The van der Waals surface area contributed by atoms with Gasteiger partial charge in [0.05, 0.1) is 27.5 Å². The monoisotopic (exact) mass is 763 g/mol. The van der Waals surface area contributed by atoms with Gasteiger partial charge in [0.1, 0.15) is 0 Å². The van der Waals surface area contributed by atoms with Crippen molar-refractivity contribution in [2.75, 3.05) is 0 Å². The molecule has 13 aromatic rings. The lowest BCUT2D eigenvalue weighted by Crippen LogP contribution is -2.04. The Balaban J connectivity index is 1.26. The number of benzene rings is 9. The molecule has 0 aliphatic rings. The highest BCUT2D eigenvalue weighted by atomic mass is 15.1. The molecule has 9 aromatic carbocycles. The number of pyridine rings is 1. The molecule has 0 unspecified atom stereocenters. The standard InChI is InChI=1S/C55H33N5/c1-3-16-34(17-4-1)35-29-31-37(32-30-35)59-45-27-13-11-24-42(45)48-50-47(38-20-7-9-22-40(38)51(48)59)39-21-8-10-23-41(39)52-49(50)43-25-12-14-28-46(43)60(52)55-44-26-15-33-56-54(44)57-53(58-55)36-18-5-2-6-19-36/h1-33H. The predicted octanol–water partition coefficient (Wildman–Crippen LogP) is 14.0. The van der Waals surface area contributed by atoms with E-state index in [0.29, 0.717) is 11.5 Å². The summed E-state index contributed by atoms with van der Waals surface area (Å²) in [4.78, 5) is 15.3.